The third kappa shape index (κ3) is 3.91. The van der Waals surface area contributed by atoms with Gasteiger partial charge in [0.05, 0.1) is 17.2 Å². The van der Waals surface area contributed by atoms with Crippen molar-refractivity contribution in [2.75, 3.05) is 11.0 Å². The highest BCUT2D eigenvalue weighted by Crippen LogP contribution is 2.45. The molecule has 1 N–H and O–H groups in total. The van der Waals surface area contributed by atoms with Crippen LogP contribution in [0.5, 0.6) is 17.2 Å². The second kappa shape index (κ2) is 7.92. The highest BCUT2D eigenvalue weighted by Gasteiger charge is 2.20. The van der Waals surface area contributed by atoms with E-state index < -0.39 is 5.97 Å². The quantitative estimate of drug-likeness (QED) is 0.353. The fourth-order valence-corrected chi connectivity index (χ4v) is 2.71. The van der Waals surface area contributed by atoms with Crippen molar-refractivity contribution in [3.8, 4) is 17.2 Å². The Kier molecular flexibility index (Phi) is 5.92. The molecule has 2 aromatic carbocycles. The van der Waals surface area contributed by atoms with Crippen LogP contribution in [0.25, 0.3) is 10.8 Å². The van der Waals surface area contributed by atoms with Crippen LogP contribution in [0.3, 0.4) is 0 Å². The molecule has 0 saturated heterocycles. The summed E-state index contributed by atoms with van der Waals surface area (Å²) in [4.78, 5) is 22.4. The van der Waals surface area contributed by atoms with Crippen molar-refractivity contribution in [3.63, 3.8) is 0 Å². The lowest BCUT2D eigenvalue weighted by Gasteiger charge is -2.19. The van der Waals surface area contributed by atoms with Gasteiger partial charge in [-0.1, -0.05) is 24.1 Å². The SMILES string of the molecule is CSNc1cccc2c(OC(C)C)cc(OC=O)c(OC(C)=O)c12. The summed E-state index contributed by atoms with van der Waals surface area (Å²) in [6.07, 6.45) is 1.80. The average molecular weight is 349 g/mol. The maximum Gasteiger partial charge on any atom is 0.308 e. The molecule has 0 aliphatic rings. The molecule has 128 valence electrons. The molecule has 0 aromatic heterocycles. The summed E-state index contributed by atoms with van der Waals surface area (Å²) in [6.45, 7) is 5.38. The average Bonchev–Trinajstić information content (AvgIpc) is 2.50. The van der Waals surface area contributed by atoms with Crippen molar-refractivity contribution in [3.05, 3.63) is 24.3 Å². The summed E-state index contributed by atoms with van der Waals surface area (Å²) in [5, 5.41) is 1.36. The maximum absolute atomic E-state index is 11.5. The van der Waals surface area contributed by atoms with Gasteiger partial charge in [-0.2, -0.15) is 0 Å². The van der Waals surface area contributed by atoms with Crippen LogP contribution in [0, 0.1) is 0 Å². The fourth-order valence-electron chi connectivity index (χ4n) is 2.32. The number of carbonyl (C=O) groups is 2. The molecule has 0 aliphatic carbocycles. The number of esters is 1. The molecule has 0 fully saturated rings. The molecule has 0 atom stereocenters. The minimum Gasteiger partial charge on any atom is -0.490 e. The highest BCUT2D eigenvalue weighted by atomic mass is 32.2. The highest BCUT2D eigenvalue weighted by molar-refractivity contribution is 7.99. The number of nitrogens with one attached hydrogen (secondary N) is 1. The Morgan fingerprint density at radius 1 is 1.29 bits per heavy atom. The van der Waals surface area contributed by atoms with Crippen LogP contribution in [0.2, 0.25) is 0 Å². The van der Waals surface area contributed by atoms with Gasteiger partial charge in [-0.05, 0) is 19.9 Å². The van der Waals surface area contributed by atoms with Crippen LogP contribution in [0.15, 0.2) is 24.3 Å². The van der Waals surface area contributed by atoms with Gasteiger partial charge in [-0.3, -0.25) is 9.59 Å². The predicted molar refractivity (Wildman–Crippen MR) is 94.9 cm³/mol. The van der Waals surface area contributed by atoms with E-state index in [1.165, 1.54) is 18.9 Å². The van der Waals surface area contributed by atoms with Gasteiger partial charge in [0.15, 0.2) is 11.5 Å². The van der Waals surface area contributed by atoms with E-state index >= 15 is 0 Å². The Balaban J connectivity index is 2.83. The summed E-state index contributed by atoms with van der Waals surface area (Å²) in [5.74, 6) is 0.331. The van der Waals surface area contributed by atoms with Gasteiger partial charge in [-0.15, -0.1) is 0 Å². The minimum atomic E-state index is -0.511. The number of ether oxygens (including phenoxy) is 3. The molecule has 0 unspecified atom stereocenters. The van der Waals surface area contributed by atoms with Gasteiger partial charge in [0.2, 0.25) is 0 Å². The van der Waals surface area contributed by atoms with E-state index in [4.69, 9.17) is 14.2 Å². The molecular weight excluding hydrogens is 330 g/mol. The number of anilines is 1. The third-order valence-electron chi connectivity index (χ3n) is 3.04. The number of hydrogen-bond donors (Lipinski definition) is 1. The molecule has 0 heterocycles. The summed E-state index contributed by atoms with van der Waals surface area (Å²) in [6, 6.07) is 7.12. The molecule has 7 heteroatoms. The van der Waals surface area contributed by atoms with Crippen molar-refractivity contribution in [2.45, 2.75) is 26.9 Å². The minimum absolute atomic E-state index is 0.0750. The first-order valence-electron chi connectivity index (χ1n) is 7.32. The Hall–Kier alpha value is -2.41. The van der Waals surface area contributed by atoms with Gasteiger partial charge in [0.1, 0.15) is 5.75 Å². The van der Waals surface area contributed by atoms with E-state index in [1.54, 1.807) is 6.07 Å². The summed E-state index contributed by atoms with van der Waals surface area (Å²) in [5.41, 5.74) is 0.723. The molecule has 0 aliphatic heterocycles. The Labute approximate surface area is 144 Å². The smallest absolute Gasteiger partial charge is 0.308 e. The molecule has 0 spiro atoms. The van der Waals surface area contributed by atoms with Crippen LogP contribution >= 0.6 is 11.9 Å². The molecule has 0 amide bonds. The van der Waals surface area contributed by atoms with E-state index in [-0.39, 0.29) is 24.1 Å². The second-order valence-electron chi connectivity index (χ2n) is 5.21. The zero-order valence-corrected chi connectivity index (χ0v) is 14.7. The van der Waals surface area contributed by atoms with Crippen molar-refractivity contribution in [1.82, 2.24) is 0 Å². The van der Waals surface area contributed by atoms with E-state index in [2.05, 4.69) is 4.72 Å². The summed E-state index contributed by atoms with van der Waals surface area (Å²) < 4.78 is 19.3. The van der Waals surface area contributed by atoms with Crippen LogP contribution in [-0.4, -0.2) is 24.8 Å². The molecule has 0 saturated carbocycles. The topological polar surface area (TPSA) is 73.9 Å². The lowest BCUT2D eigenvalue weighted by molar-refractivity contribution is -0.132. The predicted octanol–water partition coefficient (Wildman–Crippen LogP) is 3.78. The second-order valence-corrected chi connectivity index (χ2v) is 5.82. The van der Waals surface area contributed by atoms with E-state index in [0.717, 1.165) is 11.1 Å². The zero-order chi connectivity index (χ0) is 17.7. The Morgan fingerprint density at radius 3 is 2.62 bits per heavy atom. The summed E-state index contributed by atoms with van der Waals surface area (Å²) in [7, 11) is 0. The molecule has 24 heavy (non-hydrogen) atoms. The largest absolute Gasteiger partial charge is 0.490 e. The van der Waals surface area contributed by atoms with E-state index in [9.17, 15) is 9.59 Å². The molecule has 0 bridgehead atoms. The molecule has 2 rings (SSSR count). The van der Waals surface area contributed by atoms with E-state index in [0.29, 0.717) is 11.1 Å². The van der Waals surface area contributed by atoms with Crippen LogP contribution in [-0.2, 0) is 9.59 Å². The first kappa shape index (κ1) is 17.9. The van der Waals surface area contributed by atoms with Crippen molar-refractivity contribution >= 4 is 40.8 Å². The van der Waals surface area contributed by atoms with Crippen LogP contribution < -0.4 is 18.9 Å². The van der Waals surface area contributed by atoms with Crippen molar-refractivity contribution < 1.29 is 23.8 Å². The van der Waals surface area contributed by atoms with Gasteiger partial charge in [-0.25, -0.2) is 0 Å². The Bertz CT molecular complexity index is 760. The van der Waals surface area contributed by atoms with Gasteiger partial charge >= 0.3 is 5.97 Å². The van der Waals surface area contributed by atoms with Gasteiger partial charge < -0.3 is 18.9 Å². The third-order valence-corrected chi connectivity index (χ3v) is 3.46. The number of fused-ring (bicyclic) bond motifs is 1. The Morgan fingerprint density at radius 2 is 2.04 bits per heavy atom. The lowest BCUT2D eigenvalue weighted by atomic mass is 10.1. The zero-order valence-electron chi connectivity index (χ0n) is 13.9. The van der Waals surface area contributed by atoms with Gasteiger partial charge in [0, 0.05) is 24.6 Å². The monoisotopic (exact) mass is 349 g/mol. The van der Waals surface area contributed by atoms with Gasteiger partial charge in [0.25, 0.3) is 6.47 Å². The normalized spacial score (nSPS) is 10.5. The maximum atomic E-state index is 11.5. The molecule has 2 aromatic rings. The number of hydrogen-bond acceptors (Lipinski definition) is 7. The summed E-state index contributed by atoms with van der Waals surface area (Å²) >= 11 is 1.39. The van der Waals surface area contributed by atoms with Crippen LogP contribution in [0.4, 0.5) is 5.69 Å². The van der Waals surface area contributed by atoms with E-state index in [1.807, 2.05) is 38.3 Å². The molecule has 6 nitrogen and oxygen atoms in total. The number of carbonyl (C=O) groups excluding carboxylic acids is 2. The first-order chi connectivity index (χ1) is 11.5. The lowest BCUT2D eigenvalue weighted by Crippen LogP contribution is -2.09. The fraction of sp³-hybridized carbons (Fsp3) is 0.294. The molecule has 0 radical (unpaired) electrons. The molecular formula is C17H19NO5S. The first-order valence-corrected chi connectivity index (χ1v) is 8.54. The number of benzene rings is 2. The standard InChI is InChI=1S/C17H19NO5S/c1-10(2)22-14-8-15(21-9-19)17(23-11(3)20)16-12(14)6-5-7-13(16)18-24-4/h5-10,18H,1-4H3. The van der Waals surface area contributed by atoms with Crippen LogP contribution in [0.1, 0.15) is 20.8 Å². The van der Waals surface area contributed by atoms with Crippen molar-refractivity contribution in [1.29, 1.82) is 0 Å². The number of rotatable bonds is 7. The van der Waals surface area contributed by atoms with Crippen molar-refractivity contribution in [2.24, 2.45) is 0 Å².